The first kappa shape index (κ1) is 13.6. The first-order valence-electron chi connectivity index (χ1n) is 5.81. The Morgan fingerprint density at radius 1 is 1.26 bits per heavy atom. The first-order chi connectivity index (χ1) is 9.13. The third-order valence-corrected chi connectivity index (χ3v) is 3.65. The molecule has 0 aromatic heterocycles. The molecule has 96 valence electrons. The molecule has 0 saturated carbocycles. The summed E-state index contributed by atoms with van der Waals surface area (Å²) >= 11 is 3.44. The second-order valence-corrected chi connectivity index (χ2v) is 5.01. The molecule has 2 aromatic carbocycles. The molecule has 0 fully saturated rings. The molecule has 2 N–H and O–H groups in total. The quantitative estimate of drug-likeness (QED) is 0.934. The molecule has 0 radical (unpaired) electrons. The average molecular weight is 317 g/mol. The normalized spacial score (nSPS) is 10.0. The van der Waals surface area contributed by atoms with Crippen LogP contribution in [0.15, 0.2) is 40.9 Å². The molecule has 0 atom stereocenters. The van der Waals surface area contributed by atoms with Crippen LogP contribution in [0.25, 0.3) is 0 Å². The van der Waals surface area contributed by atoms with Crippen molar-refractivity contribution >= 4 is 15.9 Å². The molecule has 0 heterocycles. The number of nitrogens with two attached hydrogens (primary N) is 1. The number of ether oxygens (including phenoxy) is 1. The number of nitrogens with zero attached hydrogens (tertiary/aromatic N) is 1. The van der Waals surface area contributed by atoms with Crippen LogP contribution in [0.5, 0.6) is 11.5 Å². The lowest BCUT2D eigenvalue weighted by molar-refractivity contribution is 0.480. The van der Waals surface area contributed by atoms with Crippen LogP contribution in [0, 0.1) is 18.3 Å². The Labute approximate surface area is 120 Å². The summed E-state index contributed by atoms with van der Waals surface area (Å²) in [5.74, 6) is 1.25. The highest BCUT2D eigenvalue weighted by Crippen LogP contribution is 2.28. The van der Waals surface area contributed by atoms with E-state index in [4.69, 9.17) is 15.7 Å². The van der Waals surface area contributed by atoms with Gasteiger partial charge in [-0.15, -0.1) is 0 Å². The Morgan fingerprint density at radius 3 is 2.68 bits per heavy atom. The average Bonchev–Trinajstić information content (AvgIpc) is 2.43. The summed E-state index contributed by atoms with van der Waals surface area (Å²) in [4.78, 5) is 0. The van der Waals surface area contributed by atoms with Crippen LogP contribution in [-0.4, -0.2) is 0 Å². The highest BCUT2D eigenvalue weighted by molar-refractivity contribution is 9.10. The third kappa shape index (κ3) is 3.14. The molecule has 0 amide bonds. The van der Waals surface area contributed by atoms with Gasteiger partial charge in [-0.1, -0.05) is 22.0 Å². The Hall–Kier alpha value is -1.83. The molecule has 0 saturated heterocycles. The van der Waals surface area contributed by atoms with Gasteiger partial charge in [0, 0.05) is 11.0 Å². The third-order valence-electron chi connectivity index (χ3n) is 2.76. The van der Waals surface area contributed by atoms with Gasteiger partial charge >= 0.3 is 0 Å². The summed E-state index contributed by atoms with van der Waals surface area (Å²) in [6.07, 6.45) is 0. The van der Waals surface area contributed by atoms with Gasteiger partial charge in [0.15, 0.2) is 0 Å². The molecule has 2 rings (SSSR count). The van der Waals surface area contributed by atoms with Crippen molar-refractivity contribution in [2.75, 3.05) is 0 Å². The van der Waals surface area contributed by atoms with Gasteiger partial charge in [-0.3, -0.25) is 0 Å². The largest absolute Gasteiger partial charge is 0.456 e. The molecule has 0 aliphatic rings. The minimum absolute atomic E-state index is 0.409. The van der Waals surface area contributed by atoms with E-state index >= 15 is 0 Å². The molecule has 4 heteroatoms. The Morgan fingerprint density at radius 2 is 2.05 bits per heavy atom. The Balaban J connectivity index is 2.33. The van der Waals surface area contributed by atoms with Crippen LogP contribution in [0.1, 0.15) is 16.7 Å². The topological polar surface area (TPSA) is 59.0 Å². The summed E-state index contributed by atoms with van der Waals surface area (Å²) < 4.78 is 6.78. The molecule has 0 unspecified atom stereocenters. The maximum atomic E-state index is 9.14. The summed E-state index contributed by atoms with van der Waals surface area (Å²) in [5.41, 5.74) is 8.04. The lowest BCUT2D eigenvalue weighted by atomic mass is 10.1. The second-order valence-electron chi connectivity index (χ2n) is 4.16. The van der Waals surface area contributed by atoms with Crippen LogP contribution >= 0.6 is 15.9 Å². The van der Waals surface area contributed by atoms with Crippen molar-refractivity contribution in [1.82, 2.24) is 0 Å². The van der Waals surface area contributed by atoms with Crippen molar-refractivity contribution < 1.29 is 4.74 Å². The summed E-state index contributed by atoms with van der Waals surface area (Å²) in [7, 11) is 0. The van der Waals surface area contributed by atoms with Gasteiger partial charge in [-0.25, -0.2) is 0 Å². The summed E-state index contributed by atoms with van der Waals surface area (Å²) in [5, 5.41) is 9.14. The SMILES string of the molecule is Cc1cc(Oc2ccc(CN)cc2C#N)ccc1Br. The molecule has 0 spiro atoms. The second kappa shape index (κ2) is 5.87. The van der Waals surface area contributed by atoms with Crippen LogP contribution < -0.4 is 10.5 Å². The fourth-order valence-corrected chi connectivity index (χ4v) is 1.93. The molecular weight excluding hydrogens is 304 g/mol. The van der Waals surface area contributed by atoms with E-state index in [1.165, 1.54) is 0 Å². The number of nitriles is 1. The fraction of sp³-hybridized carbons (Fsp3) is 0.133. The van der Waals surface area contributed by atoms with Crippen LogP contribution in [0.2, 0.25) is 0 Å². The standard InChI is InChI=1S/C15H13BrN2O/c1-10-6-13(3-4-14(10)16)19-15-5-2-11(8-17)7-12(15)9-18/h2-7H,8,17H2,1H3. The molecule has 3 nitrogen and oxygen atoms in total. The van der Waals surface area contributed by atoms with Crippen molar-refractivity contribution in [3.63, 3.8) is 0 Å². The van der Waals surface area contributed by atoms with Gasteiger partial charge in [0.2, 0.25) is 0 Å². The zero-order valence-electron chi connectivity index (χ0n) is 10.5. The molecule has 0 aliphatic heterocycles. The number of rotatable bonds is 3. The lowest BCUT2D eigenvalue weighted by Gasteiger charge is -2.09. The number of hydrogen-bond donors (Lipinski definition) is 1. The van der Waals surface area contributed by atoms with Crippen molar-refractivity contribution in [1.29, 1.82) is 5.26 Å². The van der Waals surface area contributed by atoms with Gasteiger partial charge in [-0.2, -0.15) is 5.26 Å². The van der Waals surface area contributed by atoms with E-state index in [1.807, 2.05) is 31.2 Å². The predicted molar refractivity (Wildman–Crippen MR) is 78.0 cm³/mol. The zero-order valence-corrected chi connectivity index (χ0v) is 12.1. The zero-order chi connectivity index (χ0) is 13.8. The van der Waals surface area contributed by atoms with E-state index in [0.717, 1.165) is 15.6 Å². The Bertz CT molecular complexity index is 647. The highest BCUT2D eigenvalue weighted by Gasteiger charge is 2.06. The van der Waals surface area contributed by atoms with Crippen molar-refractivity contribution in [2.24, 2.45) is 5.73 Å². The van der Waals surface area contributed by atoms with Crippen molar-refractivity contribution in [3.8, 4) is 17.6 Å². The Kier molecular flexibility index (Phi) is 4.20. The smallest absolute Gasteiger partial charge is 0.145 e. The van der Waals surface area contributed by atoms with Gasteiger partial charge in [0.05, 0.1) is 5.56 Å². The molecule has 19 heavy (non-hydrogen) atoms. The predicted octanol–water partition coefficient (Wildman–Crippen LogP) is 3.88. The number of hydrogen-bond acceptors (Lipinski definition) is 3. The van der Waals surface area contributed by atoms with Crippen LogP contribution in [0.3, 0.4) is 0 Å². The van der Waals surface area contributed by atoms with E-state index < -0.39 is 0 Å². The van der Waals surface area contributed by atoms with Crippen LogP contribution in [0.4, 0.5) is 0 Å². The fourth-order valence-electron chi connectivity index (χ4n) is 1.69. The first-order valence-corrected chi connectivity index (χ1v) is 6.60. The summed E-state index contributed by atoms with van der Waals surface area (Å²) in [6, 6.07) is 13.2. The van der Waals surface area contributed by atoms with Crippen LogP contribution in [-0.2, 0) is 6.54 Å². The molecule has 0 bridgehead atoms. The maximum Gasteiger partial charge on any atom is 0.145 e. The van der Waals surface area contributed by atoms with Crippen molar-refractivity contribution in [3.05, 3.63) is 57.6 Å². The monoisotopic (exact) mass is 316 g/mol. The van der Waals surface area contributed by atoms with E-state index in [9.17, 15) is 0 Å². The number of halogens is 1. The van der Waals surface area contributed by atoms with Gasteiger partial charge in [-0.05, 0) is 48.4 Å². The van der Waals surface area contributed by atoms with E-state index in [0.29, 0.717) is 23.6 Å². The molecule has 0 aliphatic carbocycles. The summed E-state index contributed by atoms with van der Waals surface area (Å²) in [6.45, 7) is 2.39. The lowest BCUT2D eigenvalue weighted by Crippen LogP contribution is -1.97. The van der Waals surface area contributed by atoms with E-state index in [2.05, 4.69) is 22.0 Å². The molecular formula is C15H13BrN2O. The van der Waals surface area contributed by atoms with Gasteiger partial charge < -0.3 is 10.5 Å². The highest BCUT2D eigenvalue weighted by atomic mass is 79.9. The van der Waals surface area contributed by atoms with Gasteiger partial charge in [0.1, 0.15) is 17.6 Å². The van der Waals surface area contributed by atoms with E-state index in [1.54, 1.807) is 12.1 Å². The van der Waals surface area contributed by atoms with Crippen molar-refractivity contribution in [2.45, 2.75) is 13.5 Å². The number of aryl methyl sites for hydroxylation is 1. The molecule has 2 aromatic rings. The minimum atomic E-state index is 0.409. The maximum absolute atomic E-state index is 9.14. The van der Waals surface area contributed by atoms with E-state index in [-0.39, 0.29) is 0 Å². The number of benzene rings is 2. The van der Waals surface area contributed by atoms with Gasteiger partial charge in [0.25, 0.3) is 0 Å². The minimum Gasteiger partial charge on any atom is -0.456 e.